The first-order valence-corrected chi connectivity index (χ1v) is 5.42. The van der Waals surface area contributed by atoms with Gasteiger partial charge in [0.15, 0.2) is 0 Å². The number of alkyl halides is 3. The third-order valence-electron chi connectivity index (χ3n) is 2.91. The lowest BCUT2D eigenvalue weighted by Crippen LogP contribution is -2.41. The first kappa shape index (κ1) is 13.3. The van der Waals surface area contributed by atoms with Crippen molar-refractivity contribution in [2.75, 3.05) is 19.7 Å². The van der Waals surface area contributed by atoms with Gasteiger partial charge in [0.1, 0.15) is 0 Å². The molecule has 0 aromatic rings. The number of carbonyl (C=O) groups excluding carboxylic acids is 1. The van der Waals surface area contributed by atoms with E-state index in [2.05, 4.69) is 0 Å². The molecule has 1 rings (SSSR count). The van der Waals surface area contributed by atoms with Crippen LogP contribution in [0.5, 0.6) is 0 Å². The van der Waals surface area contributed by atoms with Crippen LogP contribution >= 0.6 is 0 Å². The molecule has 1 amide bonds. The Balaban J connectivity index is 2.50. The Morgan fingerprint density at radius 3 is 2.56 bits per heavy atom. The lowest BCUT2D eigenvalue weighted by atomic mass is 9.98. The molecule has 1 N–H and O–H groups in total. The van der Waals surface area contributed by atoms with Gasteiger partial charge in [-0.25, -0.2) is 0 Å². The first-order valence-electron chi connectivity index (χ1n) is 5.42. The topological polar surface area (TPSA) is 40.5 Å². The van der Waals surface area contributed by atoms with E-state index in [1.807, 2.05) is 0 Å². The van der Waals surface area contributed by atoms with Crippen LogP contribution in [0.2, 0.25) is 0 Å². The van der Waals surface area contributed by atoms with Crippen molar-refractivity contribution in [3.63, 3.8) is 0 Å². The fourth-order valence-corrected chi connectivity index (χ4v) is 2.02. The van der Waals surface area contributed by atoms with Crippen molar-refractivity contribution in [2.24, 2.45) is 5.92 Å². The zero-order valence-corrected chi connectivity index (χ0v) is 8.96. The normalized spacial score (nSPS) is 23.0. The van der Waals surface area contributed by atoms with Crippen LogP contribution in [-0.4, -0.2) is 41.8 Å². The maximum Gasteiger partial charge on any atom is 0.471 e. The predicted octanol–water partition coefficient (Wildman–Crippen LogP) is 1.56. The number of aliphatic hydroxyl groups excluding tert-OH is 1. The molecule has 0 bridgehead atoms. The number of carbonyl (C=O) groups is 1. The largest absolute Gasteiger partial charge is 0.471 e. The summed E-state index contributed by atoms with van der Waals surface area (Å²) in [6.07, 6.45) is -2.26. The number of aliphatic hydroxyl groups is 1. The third kappa shape index (κ3) is 3.66. The molecule has 1 saturated heterocycles. The van der Waals surface area contributed by atoms with E-state index >= 15 is 0 Å². The Kier molecular flexibility index (Phi) is 4.58. The van der Waals surface area contributed by atoms with Crippen LogP contribution in [0.25, 0.3) is 0 Å². The van der Waals surface area contributed by atoms with Crippen LogP contribution in [0.1, 0.15) is 25.7 Å². The molecule has 94 valence electrons. The number of hydrogen-bond donors (Lipinski definition) is 1. The van der Waals surface area contributed by atoms with Crippen molar-refractivity contribution in [1.29, 1.82) is 0 Å². The molecule has 1 unspecified atom stereocenters. The smallest absolute Gasteiger partial charge is 0.396 e. The van der Waals surface area contributed by atoms with E-state index in [1.165, 1.54) is 0 Å². The highest BCUT2D eigenvalue weighted by Gasteiger charge is 2.42. The van der Waals surface area contributed by atoms with Crippen molar-refractivity contribution in [1.82, 2.24) is 4.90 Å². The zero-order chi connectivity index (χ0) is 12.2. The summed E-state index contributed by atoms with van der Waals surface area (Å²) in [7, 11) is 0. The molecule has 1 aliphatic rings. The SMILES string of the molecule is O=C(N1CCCC(CCO)CC1)C(F)(F)F. The maximum atomic E-state index is 12.2. The van der Waals surface area contributed by atoms with Crippen LogP contribution in [-0.2, 0) is 4.79 Å². The molecule has 1 fully saturated rings. The van der Waals surface area contributed by atoms with E-state index in [9.17, 15) is 18.0 Å². The van der Waals surface area contributed by atoms with Gasteiger partial charge in [0.2, 0.25) is 0 Å². The van der Waals surface area contributed by atoms with E-state index in [-0.39, 0.29) is 25.6 Å². The summed E-state index contributed by atoms with van der Waals surface area (Å²) in [4.78, 5) is 11.9. The molecule has 0 saturated carbocycles. The van der Waals surface area contributed by atoms with Crippen LogP contribution < -0.4 is 0 Å². The molecule has 0 radical (unpaired) electrons. The average molecular weight is 239 g/mol. The van der Waals surface area contributed by atoms with Crippen LogP contribution in [0.4, 0.5) is 13.2 Å². The number of rotatable bonds is 2. The maximum absolute atomic E-state index is 12.2. The van der Waals surface area contributed by atoms with E-state index in [0.717, 1.165) is 11.3 Å². The molecule has 0 spiro atoms. The van der Waals surface area contributed by atoms with E-state index in [1.54, 1.807) is 0 Å². The summed E-state index contributed by atoms with van der Waals surface area (Å²) >= 11 is 0. The zero-order valence-electron chi connectivity index (χ0n) is 8.96. The van der Waals surface area contributed by atoms with E-state index < -0.39 is 12.1 Å². The van der Waals surface area contributed by atoms with Gasteiger partial charge in [0.25, 0.3) is 0 Å². The summed E-state index contributed by atoms with van der Waals surface area (Å²) in [5.74, 6) is -1.51. The van der Waals surface area contributed by atoms with Gasteiger partial charge in [-0.15, -0.1) is 0 Å². The molecule has 0 aliphatic carbocycles. The van der Waals surface area contributed by atoms with Gasteiger partial charge < -0.3 is 10.0 Å². The molecule has 1 heterocycles. The van der Waals surface area contributed by atoms with Crippen molar-refractivity contribution >= 4 is 5.91 Å². The standard InChI is InChI=1S/C10H16F3NO2/c11-10(12,13)9(16)14-5-1-2-8(3-6-14)4-7-15/h8,15H,1-7H2. The highest BCUT2D eigenvalue weighted by Crippen LogP contribution is 2.24. The Bertz CT molecular complexity index is 243. The average Bonchev–Trinajstić information content (AvgIpc) is 2.41. The molecule has 0 aromatic carbocycles. The van der Waals surface area contributed by atoms with E-state index in [4.69, 9.17) is 5.11 Å². The quantitative estimate of drug-likeness (QED) is 0.794. The Morgan fingerprint density at radius 1 is 1.31 bits per heavy atom. The number of likely N-dealkylation sites (tertiary alicyclic amines) is 1. The minimum Gasteiger partial charge on any atom is -0.396 e. The lowest BCUT2D eigenvalue weighted by Gasteiger charge is -2.21. The fourth-order valence-electron chi connectivity index (χ4n) is 2.02. The number of nitrogens with zero attached hydrogens (tertiary/aromatic N) is 1. The Morgan fingerprint density at radius 2 is 2.00 bits per heavy atom. The van der Waals surface area contributed by atoms with Crippen molar-refractivity contribution < 1.29 is 23.1 Å². The molecular weight excluding hydrogens is 223 g/mol. The van der Waals surface area contributed by atoms with Crippen molar-refractivity contribution in [2.45, 2.75) is 31.9 Å². The second-order valence-corrected chi connectivity index (χ2v) is 4.10. The summed E-state index contributed by atoms with van der Waals surface area (Å²) in [5.41, 5.74) is 0. The fraction of sp³-hybridized carbons (Fsp3) is 0.900. The molecule has 3 nitrogen and oxygen atoms in total. The van der Waals surface area contributed by atoms with Gasteiger partial charge in [0, 0.05) is 19.7 Å². The molecule has 1 atom stereocenters. The third-order valence-corrected chi connectivity index (χ3v) is 2.91. The number of hydrogen-bond acceptors (Lipinski definition) is 2. The van der Waals surface area contributed by atoms with Gasteiger partial charge >= 0.3 is 12.1 Å². The van der Waals surface area contributed by atoms with E-state index in [0.29, 0.717) is 19.3 Å². The van der Waals surface area contributed by atoms with Gasteiger partial charge in [-0.2, -0.15) is 13.2 Å². The Labute approximate surface area is 92.2 Å². The monoisotopic (exact) mass is 239 g/mol. The molecule has 1 aliphatic heterocycles. The summed E-state index contributed by atoms with van der Waals surface area (Å²) < 4.78 is 36.5. The Hall–Kier alpha value is -0.780. The summed E-state index contributed by atoms with van der Waals surface area (Å²) in [5, 5.41) is 8.75. The molecule has 16 heavy (non-hydrogen) atoms. The lowest BCUT2D eigenvalue weighted by molar-refractivity contribution is -0.185. The first-order chi connectivity index (χ1) is 7.45. The van der Waals surface area contributed by atoms with Crippen LogP contribution in [0.15, 0.2) is 0 Å². The molecular formula is C10H16F3NO2. The summed E-state index contributed by atoms with van der Waals surface area (Å²) in [6, 6.07) is 0. The van der Waals surface area contributed by atoms with Crippen LogP contribution in [0, 0.1) is 5.92 Å². The minimum atomic E-state index is -4.77. The van der Waals surface area contributed by atoms with Crippen molar-refractivity contribution in [3.05, 3.63) is 0 Å². The predicted molar refractivity (Wildman–Crippen MR) is 51.7 cm³/mol. The molecule has 6 heteroatoms. The highest BCUT2D eigenvalue weighted by atomic mass is 19.4. The van der Waals surface area contributed by atoms with Gasteiger partial charge in [0.05, 0.1) is 0 Å². The minimum absolute atomic E-state index is 0.0535. The van der Waals surface area contributed by atoms with Crippen molar-refractivity contribution in [3.8, 4) is 0 Å². The van der Waals surface area contributed by atoms with Gasteiger partial charge in [-0.1, -0.05) is 0 Å². The van der Waals surface area contributed by atoms with Crippen LogP contribution in [0.3, 0.4) is 0 Å². The summed E-state index contributed by atoms with van der Waals surface area (Å²) in [6.45, 7) is 0.362. The number of amides is 1. The second-order valence-electron chi connectivity index (χ2n) is 4.10. The van der Waals surface area contributed by atoms with Gasteiger partial charge in [-0.3, -0.25) is 4.79 Å². The second kappa shape index (κ2) is 5.52. The van der Waals surface area contributed by atoms with Gasteiger partial charge in [-0.05, 0) is 31.6 Å². The molecule has 0 aromatic heterocycles. The highest BCUT2D eigenvalue weighted by molar-refractivity contribution is 5.81. The number of halogens is 3.